The lowest BCUT2D eigenvalue weighted by Crippen LogP contribution is -2.31. The van der Waals surface area contributed by atoms with Crippen molar-refractivity contribution in [1.82, 2.24) is 9.13 Å². The van der Waals surface area contributed by atoms with Gasteiger partial charge in [-0.25, -0.2) is 9.13 Å². The fourth-order valence-corrected chi connectivity index (χ4v) is 9.11. The van der Waals surface area contributed by atoms with Crippen LogP contribution in [0.5, 0.6) is 17.2 Å². The molecule has 0 unspecified atom stereocenters. The van der Waals surface area contributed by atoms with Gasteiger partial charge < -0.3 is 33.7 Å². The van der Waals surface area contributed by atoms with Crippen LogP contribution in [0.25, 0.3) is 27.9 Å². The van der Waals surface area contributed by atoms with E-state index in [1.54, 1.807) is 21.3 Å². The zero-order valence-corrected chi connectivity index (χ0v) is 39.1. The van der Waals surface area contributed by atoms with Gasteiger partial charge in [-0.15, -0.1) is 0 Å². The van der Waals surface area contributed by atoms with Gasteiger partial charge in [0.15, 0.2) is 0 Å². The molecule has 10 rings (SSSR count). The Kier molecular flexibility index (Phi) is 12.7. The maximum atomic E-state index is 9.92. The molecule has 9 nitrogen and oxygen atoms in total. The second-order valence-electron chi connectivity index (χ2n) is 17.1. The molecule has 0 saturated carbocycles. The van der Waals surface area contributed by atoms with Gasteiger partial charge in [0, 0.05) is 62.5 Å². The summed E-state index contributed by atoms with van der Waals surface area (Å²) >= 11 is 0. The monoisotopic (exact) mass is 908 g/mol. The molecule has 8 aromatic carbocycles. The van der Waals surface area contributed by atoms with Crippen LogP contribution in [0.15, 0.2) is 207 Å². The Morgan fingerprint density at radius 1 is 0.493 bits per heavy atom. The highest BCUT2D eigenvalue weighted by molar-refractivity contribution is 6.11. The molecule has 1 N–H and O–H groups in total. The van der Waals surface area contributed by atoms with Gasteiger partial charge in [-0.05, 0) is 149 Å². The molecule has 0 aliphatic rings. The van der Waals surface area contributed by atoms with E-state index < -0.39 is 0 Å². The van der Waals surface area contributed by atoms with Crippen LogP contribution in [-0.4, -0.2) is 35.6 Å². The lowest BCUT2D eigenvalue weighted by molar-refractivity contribution is -0.687. The van der Waals surface area contributed by atoms with Crippen molar-refractivity contribution < 1.29 is 23.9 Å². The SMILES string of the molecule is C=Cc1ccc(C[n+]2ccn(Cc3ccc(Cn4c5ccc(N(c6ccc(CO)cc6)c6ccc(OC)cc6)cc5c5cc(N(c6ccc(OC)cc6)c6ccc(OC)cc6)ccc54)cc3)c2)cc1. The Labute approximate surface area is 403 Å². The van der Waals surface area contributed by atoms with Gasteiger partial charge in [-0.3, -0.25) is 0 Å². The number of benzene rings is 8. The molecule has 10 aromatic rings. The lowest BCUT2D eigenvalue weighted by Gasteiger charge is -2.26. The normalized spacial score (nSPS) is 11.2. The highest BCUT2D eigenvalue weighted by Crippen LogP contribution is 2.43. The third kappa shape index (κ3) is 9.41. The van der Waals surface area contributed by atoms with E-state index in [0.717, 1.165) is 97.4 Å². The third-order valence-corrected chi connectivity index (χ3v) is 12.8. The Morgan fingerprint density at radius 3 is 1.33 bits per heavy atom. The summed E-state index contributed by atoms with van der Waals surface area (Å²) in [5, 5.41) is 12.2. The van der Waals surface area contributed by atoms with Crippen molar-refractivity contribution in [2.75, 3.05) is 31.1 Å². The minimum absolute atomic E-state index is 0.0244. The van der Waals surface area contributed by atoms with E-state index in [-0.39, 0.29) is 6.61 Å². The molecular weight excluding hydrogens is 855 g/mol. The van der Waals surface area contributed by atoms with E-state index >= 15 is 0 Å². The first-order valence-corrected chi connectivity index (χ1v) is 23.0. The number of fused-ring (bicyclic) bond motifs is 3. The predicted octanol–water partition coefficient (Wildman–Crippen LogP) is 13.1. The minimum Gasteiger partial charge on any atom is -0.497 e. The van der Waals surface area contributed by atoms with Crippen LogP contribution in [-0.2, 0) is 26.2 Å². The fraction of sp³-hybridized carbons (Fsp3) is 0.117. The van der Waals surface area contributed by atoms with Crippen molar-refractivity contribution in [2.45, 2.75) is 26.2 Å². The number of nitrogens with zero attached hydrogens (tertiary/aromatic N) is 5. The largest absolute Gasteiger partial charge is 0.497 e. The molecule has 2 heterocycles. The number of anilines is 6. The molecule has 0 aliphatic carbocycles. The molecule has 0 fully saturated rings. The van der Waals surface area contributed by atoms with Crippen LogP contribution in [0.3, 0.4) is 0 Å². The summed E-state index contributed by atoms with van der Waals surface area (Å²) in [5.74, 6) is 2.37. The minimum atomic E-state index is -0.0244. The quantitative estimate of drug-likeness (QED) is 0.0918. The van der Waals surface area contributed by atoms with Gasteiger partial charge in [0.1, 0.15) is 42.7 Å². The van der Waals surface area contributed by atoms with Crippen molar-refractivity contribution in [2.24, 2.45) is 0 Å². The first-order chi connectivity index (χ1) is 33.9. The Bertz CT molecular complexity index is 3090. The first kappa shape index (κ1) is 44.3. The molecule has 0 bridgehead atoms. The number of imidazole rings is 1. The Hall–Kier alpha value is -8.53. The van der Waals surface area contributed by atoms with E-state index in [9.17, 15) is 5.11 Å². The summed E-state index contributed by atoms with van der Waals surface area (Å²) < 4.78 is 23.6. The first-order valence-electron chi connectivity index (χ1n) is 23.0. The third-order valence-electron chi connectivity index (χ3n) is 12.8. The summed E-state index contributed by atoms with van der Waals surface area (Å²) in [5.41, 5.74) is 13.9. The molecule has 342 valence electrons. The summed E-state index contributed by atoms with van der Waals surface area (Å²) in [4.78, 5) is 4.52. The number of hydrogen-bond donors (Lipinski definition) is 1. The zero-order chi connectivity index (χ0) is 47.3. The van der Waals surface area contributed by atoms with Gasteiger partial charge in [0.25, 0.3) is 0 Å². The van der Waals surface area contributed by atoms with E-state index in [1.165, 1.54) is 16.7 Å². The molecule has 9 heteroatoms. The average molecular weight is 909 g/mol. The van der Waals surface area contributed by atoms with Crippen molar-refractivity contribution >= 4 is 62.0 Å². The Balaban J connectivity index is 1.05. The zero-order valence-electron chi connectivity index (χ0n) is 39.1. The van der Waals surface area contributed by atoms with Crippen LogP contribution < -0.4 is 28.6 Å². The summed E-state index contributed by atoms with van der Waals surface area (Å²) in [6.07, 6.45) is 8.30. The van der Waals surface area contributed by atoms with E-state index in [0.29, 0.717) is 6.54 Å². The maximum Gasteiger partial charge on any atom is 0.244 e. The molecule has 0 saturated heterocycles. The van der Waals surface area contributed by atoms with Gasteiger partial charge in [-0.1, -0.05) is 73.3 Å². The molecule has 0 spiro atoms. The van der Waals surface area contributed by atoms with E-state index in [2.05, 4.69) is 182 Å². The van der Waals surface area contributed by atoms with Gasteiger partial charge in [0.05, 0.1) is 27.9 Å². The second kappa shape index (κ2) is 19.7. The number of aliphatic hydroxyl groups is 1. The molecule has 0 amide bonds. The Morgan fingerprint density at radius 2 is 0.899 bits per heavy atom. The summed E-state index contributed by atoms with van der Waals surface area (Å²) in [6, 6.07) is 63.6. The van der Waals surface area contributed by atoms with E-state index in [4.69, 9.17) is 14.2 Å². The van der Waals surface area contributed by atoms with Crippen molar-refractivity contribution in [3.05, 3.63) is 235 Å². The highest BCUT2D eigenvalue weighted by atomic mass is 16.5. The van der Waals surface area contributed by atoms with Crippen LogP contribution in [0.1, 0.15) is 27.8 Å². The summed E-state index contributed by atoms with van der Waals surface area (Å²) in [6.45, 7) is 6.11. The smallest absolute Gasteiger partial charge is 0.244 e. The van der Waals surface area contributed by atoms with Crippen molar-refractivity contribution in [1.29, 1.82) is 0 Å². The van der Waals surface area contributed by atoms with E-state index in [1.807, 2.05) is 54.6 Å². The molecule has 2 aromatic heterocycles. The molecule has 0 radical (unpaired) electrons. The topological polar surface area (TPSA) is 68.1 Å². The number of methoxy groups -OCH3 is 3. The second-order valence-corrected chi connectivity index (χ2v) is 17.1. The highest BCUT2D eigenvalue weighted by Gasteiger charge is 2.20. The van der Waals surface area contributed by atoms with Gasteiger partial charge in [0.2, 0.25) is 6.33 Å². The lowest BCUT2D eigenvalue weighted by atomic mass is 10.1. The van der Waals surface area contributed by atoms with Crippen molar-refractivity contribution in [3.8, 4) is 17.2 Å². The average Bonchev–Trinajstić information content (AvgIpc) is 3.98. The van der Waals surface area contributed by atoms with Crippen LogP contribution in [0.2, 0.25) is 0 Å². The number of aromatic nitrogens is 3. The van der Waals surface area contributed by atoms with Crippen molar-refractivity contribution in [3.63, 3.8) is 0 Å². The van der Waals surface area contributed by atoms with Gasteiger partial charge in [-0.2, -0.15) is 0 Å². The predicted molar refractivity (Wildman–Crippen MR) is 279 cm³/mol. The number of rotatable bonds is 17. The summed E-state index contributed by atoms with van der Waals surface area (Å²) in [7, 11) is 5.06. The number of ether oxygens (including phenoxy) is 3. The molecule has 0 aliphatic heterocycles. The van der Waals surface area contributed by atoms with Crippen LogP contribution in [0.4, 0.5) is 34.1 Å². The standard InChI is InChI=1S/C60H54N5O4/c1-5-43-6-8-44(9-7-43)38-61-34-35-62(42-61)39-45-10-12-46(13-11-45)40-63-59-32-24-52(64(48-16-14-47(41-66)15-17-48)49-18-26-54(67-2)27-19-49)36-57(59)58-37-53(25-33-60(58)63)65(50-20-28-55(68-3)29-21-50)51-22-30-56(69-4)31-23-51/h5-37,42,66H,1,38-41H2,2-4H3/q+1. The molecular formula is C60H54N5O4+. The number of aliphatic hydroxyl groups excluding tert-OH is 1. The number of hydrogen-bond acceptors (Lipinski definition) is 6. The van der Waals surface area contributed by atoms with Gasteiger partial charge >= 0.3 is 0 Å². The van der Waals surface area contributed by atoms with Crippen LogP contribution in [0, 0.1) is 0 Å². The van der Waals surface area contributed by atoms with Crippen LogP contribution >= 0.6 is 0 Å². The maximum absolute atomic E-state index is 9.92. The molecule has 0 atom stereocenters. The molecule has 69 heavy (non-hydrogen) atoms. The fourth-order valence-electron chi connectivity index (χ4n) is 9.11.